The smallest absolute Gasteiger partial charge is 0.280 e. The SMILES string of the molecule is CC[C@@H]1CCc2c(sc3c2C(=O)N[C@@H](c2cc4c(cc2[N+](=O)[O-])OCO4)N3)C1. The van der Waals surface area contributed by atoms with Crippen LogP contribution in [0.25, 0.3) is 0 Å². The molecule has 8 nitrogen and oxygen atoms in total. The molecule has 2 atom stereocenters. The number of hydrogen-bond donors (Lipinski definition) is 2. The van der Waals surface area contributed by atoms with Gasteiger partial charge in [0, 0.05) is 4.88 Å². The molecule has 5 rings (SSSR count). The van der Waals surface area contributed by atoms with Gasteiger partial charge in [-0.15, -0.1) is 11.3 Å². The molecule has 0 saturated carbocycles. The second kappa shape index (κ2) is 6.37. The molecular weight excluding hydrogens is 382 g/mol. The van der Waals surface area contributed by atoms with Crippen LogP contribution in [0, 0.1) is 16.0 Å². The largest absolute Gasteiger partial charge is 0.454 e. The van der Waals surface area contributed by atoms with Gasteiger partial charge in [0.05, 0.1) is 22.1 Å². The summed E-state index contributed by atoms with van der Waals surface area (Å²) < 4.78 is 10.6. The first-order chi connectivity index (χ1) is 13.5. The summed E-state index contributed by atoms with van der Waals surface area (Å²) in [6.45, 7) is 2.23. The lowest BCUT2D eigenvalue weighted by molar-refractivity contribution is -0.385. The highest BCUT2D eigenvalue weighted by atomic mass is 32.1. The minimum absolute atomic E-state index is 0.0286. The van der Waals surface area contributed by atoms with E-state index in [2.05, 4.69) is 17.6 Å². The summed E-state index contributed by atoms with van der Waals surface area (Å²) in [6, 6.07) is 2.93. The van der Waals surface area contributed by atoms with E-state index in [1.165, 1.54) is 10.9 Å². The van der Waals surface area contributed by atoms with Crippen molar-refractivity contribution in [2.45, 2.75) is 38.8 Å². The van der Waals surface area contributed by atoms with Crippen LogP contribution in [0.5, 0.6) is 11.5 Å². The Hall–Kier alpha value is -2.81. The number of amides is 1. The zero-order chi connectivity index (χ0) is 19.4. The van der Waals surface area contributed by atoms with Gasteiger partial charge in [-0.05, 0) is 36.8 Å². The average Bonchev–Trinajstić information content (AvgIpc) is 3.29. The maximum Gasteiger partial charge on any atom is 0.280 e. The van der Waals surface area contributed by atoms with Gasteiger partial charge in [0.25, 0.3) is 11.6 Å². The molecule has 3 heterocycles. The zero-order valence-electron chi connectivity index (χ0n) is 15.2. The van der Waals surface area contributed by atoms with E-state index in [1.807, 2.05) is 0 Å². The highest BCUT2D eigenvalue weighted by Crippen LogP contribution is 2.45. The topological polar surface area (TPSA) is 103 Å². The Bertz CT molecular complexity index is 1000. The van der Waals surface area contributed by atoms with Crippen molar-refractivity contribution in [1.29, 1.82) is 0 Å². The second-order valence-corrected chi connectivity index (χ2v) is 8.40. The lowest BCUT2D eigenvalue weighted by Gasteiger charge is -2.27. The third-order valence-corrected chi connectivity index (χ3v) is 6.94. The van der Waals surface area contributed by atoms with Gasteiger partial charge in [-0.3, -0.25) is 14.9 Å². The number of fused-ring (bicyclic) bond motifs is 4. The molecular formula is C19H19N3O5S. The summed E-state index contributed by atoms with van der Waals surface area (Å²) in [6.07, 6.45) is 3.43. The molecule has 1 aliphatic carbocycles. The lowest BCUT2D eigenvalue weighted by Crippen LogP contribution is -2.38. The normalized spacial score (nSPS) is 22.1. The second-order valence-electron chi connectivity index (χ2n) is 7.30. The Morgan fingerprint density at radius 1 is 1.29 bits per heavy atom. The van der Waals surface area contributed by atoms with Crippen molar-refractivity contribution in [3.05, 3.63) is 43.8 Å². The average molecular weight is 401 g/mol. The quantitative estimate of drug-likeness (QED) is 0.600. The lowest BCUT2D eigenvalue weighted by atomic mass is 9.85. The number of carbonyl (C=O) groups excluding carboxylic acids is 1. The van der Waals surface area contributed by atoms with Gasteiger partial charge in [-0.25, -0.2) is 0 Å². The number of benzene rings is 1. The maximum absolute atomic E-state index is 12.9. The number of nitro benzene ring substituents is 1. The van der Waals surface area contributed by atoms with Crippen LogP contribution in [0.2, 0.25) is 0 Å². The standard InChI is InChI=1S/C19H19N3O5S/c1-2-9-3-4-10-15(5-9)28-19-16(10)18(23)20-17(21-19)11-6-13-14(27-8-26-13)7-12(11)22(24)25/h6-7,9,17,21H,2-5,8H2,1H3,(H,20,23)/t9-,17-/m1/s1. The van der Waals surface area contributed by atoms with Crippen LogP contribution in [0.1, 0.15) is 52.3 Å². The van der Waals surface area contributed by atoms with E-state index in [9.17, 15) is 14.9 Å². The zero-order valence-corrected chi connectivity index (χ0v) is 16.1. The first-order valence-corrected chi connectivity index (χ1v) is 10.2. The Balaban J connectivity index is 1.53. The van der Waals surface area contributed by atoms with Crippen LogP contribution in [0.4, 0.5) is 10.7 Å². The fourth-order valence-corrected chi connectivity index (χ4v) is 5.59. The first kappa shape index (κ1) is 17.3. The van der Waals surface area contributed by atoms with Crippen LogP contribution in [-0.4, -0.2) is 17.6 Å². The van der Waals surface area contributed by atoms with Crippen molar-refractivity contribution in [3.63, 3.8) is 0 Å². The molecule has 3 aliphatic rings. The van der Waals surface area contributed by atoms with Gasteiger partial charge in [0.2, 0.25) is 6.79 Å². The van der Waals surface area contributed by atoms with E-state index < -0.39 is 11.1 Å². The van der Waals surface area contributed by atoms with Crippen LogP contribution in [-0.2, 0) is 12.8 Å². The van der Waals surface area contributed by atoms with Crippen molar-refractivity contribution < 1.29 is 19.2 Å². The predicted molar refractivity (Wildman–Crippen MR) is 103 cm³/mol. The Labute approximate surface area is 165 Å². The van der Waals surface area contributed by atoms with Crippen LogP contribution < -0.4 is 20.1 Å². The number of thiophene rings is 1. The van der Waals surface area contributed by atoms with Gasteiger partial charge < -0.3 is 20.1 Å². The van der Waals surface area contributed by atoms with E-state index in [0.29, 0.717) is 28.5 Å². The number of nitro groups is 1. The molecule has 0 fully saturated rings. The number of anilines is 1. The monoisotopic (exact) mass is 401 g/mol. The van der Waals surface area contributed by atoms with Crippen molar-refractivity contribution in [1.82, 2.24) is 5.32 Å². The highest BCUT2D eigenvalue weighted by Gasteiger charge is 2.36. The van der Waals surface area contributed by atoms with Crippen LogP contribution >= 0.6 is 11.3 Å². The molecule has 2 aromatic rings. The molecule has 28 heavy (non-hydrogen) atoms. The number of nitrogens with zero attached hydrogens (tertiary/aromatic N) is 1. The molecule has 0 radical (unpaired) electrons. The molecule has 2 N–H and O–H groups in total. The molecule has 0 spiro atoms. The summed E-state index contributed by atoms with van der Waals surface area (Å²) in [7, 11) is 0. The Morgan fingerprint density at radius 2 is 2.07 bits per heavy atom. The Morgan fingerprint density at radius 3 is 2.82 bits per heavy atom. The van der Waals surface area contributed by atoms with Crippen molar-refractivity contribution in [2.24, 2.45) is 5.92 Å². The number of rotatable bonds is 3. The van der Waals surface area contributed by atoms with E-state index in [1.54, 1.807) is 17.4 Å². The van der Waals surface area contributed by atoms with E-state index in [0.717, 1.165) is 36.2 Å². The van der Waals surface area contributed by atoms with E-state index >= 15 is 0 Å². The summed E-state index contributed by atoms with van der Waals surface area (Å²) in [5.74, 6) is 1.26. The maximum atomic E-state index is 12.9. The minimum Gasteiger partial charge on any atom is -0.454 e. The van der Waals surface area contributed by atoms with Crippen LogP contribution in [0.15, 0.2) is 12.1 Å². The molecule has 0 bridgehead atoms. The van der Waals surface area contributed by atoms with Crippen molar-refractivity contribution in [3.8, 4) is 11.5 Å². The van der Waals surface area contributed by atoms with E-state index in [4.69, 9.17) is 9.47 Å². The third-order valence-electron chi connectivity index (χ3n) is 5.75. The molecule has 0 unspecified atom stereocenters. The number of hydrogen-bond acceptors (Lipinski definition) is 7. The fourth-order valence-electron chi connectivity index (χ4n) is 4.21. The van der Waals surface area contributed by atoms with Gasteiger partial charge in [0.1, 0.15) is 11.2 Å². The summed E-state index contributed by atoms with van der Waals surface area (Å²) in [5.41, 5.74) is 2.08. The predicted octanol–water partition coefficient (Wildman–Crippen LogP) is 3.75. The molecule has 2 aliphatic heterocycles. The number of carbonyl (C=O) groups is 1. The Kier molecular flexibility index (Phi) is 3.94. The molecule has 9 heteroatoms. The van der Waals surface area contributed by atoms with Gasteiger partial charge in [-0.1, -0.05) is 13.3 Å². The molecule has 1 aromatic carbocycles. The molecule has 0 saturated heterocycles. The summed E-state index contributed by atoms with van der Waals surface area (Å²) in [5, 5.41) is 18.6. The van der Waals surface area contributed by atoms with Gasteiger partial charge in [-0.2, -0.15) is 0 Å². The number of nitrogens with one attached hydrogen (secondary N) is 2. The van der Waals surface area contributed by atoms with Crippen LogP contribution in [0.3, 0.4) is 0 Å². The van der Waals surface area contributed by atoms with Crippen molar-refractivity contribution in [2.75, 3.05) is 12.1 Å². The molecule has 146 valence electrons. The minimum atomic E-state index is -0.697. The van der Waals surface area contributed by atoms with Gasteiger partial charge in [0.15, 0.2) is 11.5 Å². The molecule has 1 aromatic heterocycles. The summed E-state index contributed by atoms with van der Waals surface area (Å²) >= 11 is 1.60. The highest BCUT2D eigenvalue weighted by molar-refractivity contribution is 7.16. The fraction of sp³-hybridized carbons (Fsp3) is 0.421. The number of ether oxygens (including phenoxy) is 2. The van der Waals surface area contributed by atoms with Gasteiger partial charge >= 0.3 is 0 Å². The van der Waals surface area contributed by atoms with E-state index in [-0.39, 0.29) is 18.4 Å². The third kappa shape index (κ3) is 2.61. The van der Waals surface area contributed by atoms with Crippen molar-refractivity contribution >= 4 is 27.9 Å². The summed E-state index contributed by atoms with van der Waals surface area (Å²) in [4.78, 5) is 25.3. The first-order valence-electron chi connectivity index (χ1n) is 9.35. The molecule has 1 amide bonds.